The van der Waals surface area contributed by atoms with E-state index in [2.05, 4.69) is 10.4 Å². The molecule has 4 N–H and O–H groups in total. The van der Waals surface area contributed by atoms with E-state index in [0.717, 1.165) is 18.9 Å². The number of benzene rings is 1. The number of aryl methyl sites for hydroxylation is 1. The maximum absolute atomic E-state index is 15.2. The summed E-state index contributed by atoms with van der Waals surface area (Å²) in [7, 11) is 0. The molecular formula is C23H29FN4O3. The maximum Gasteiger partial charge on any atom is 0.250 e. The lowest BCUT2D eigenvalue weighted by Crippen LogP contribution is -2.30. The quantitative estimate of drug-likeness (QED) is 0.678. The number of anilines is 1. The monoisotopic (exact) mass is 428 g/mol. The summed E-state index contributed by atoms with van der Waals surface area (Å²) in [4.78, 5) is 24.8. The molecule has 2 aliphatic rings. The van der Waals surface area contributed by atoms with E-state index in [0.29, 0.717) is 48.3 Å². The van der Waals surface area contributed by atoms with Crippen LogP contribution in [0.15, 0.2) is 12.1 Å². The van der Waals surface area contributed by atoms with Gasteiger partial charge in [0.1, 0.15) is 11.5 Å². The molecule has 0 bridgehead atoms. The Morgan fingerprint density at radius 3 is 2.71 bits per heavy atom. The topological polar surface area (TPSA) is 110 Å². The average molecular weight is 429 g/mol. The Hall–Kier alpha value is -2.74. The molecule has 0 saturated heterocycles. The highest BCUT2D eigenvalue weighted by Crippen LogP contribution is 2.38. The molecule has 2 unspecified atom stereocenters. The van der Waals surface area contributed by atoms with Gasteiger partial charge >= 0.3 is 0 Å². The number of primary amides is 1. The van der Waals surface area contributed by atoms with Crippen LogP contribution >= 0.6 is 0 Å². The van der Waals surface area contributed by atoms with Gasteiger partial charge in [-0.15, -0.1) is 0 Å². The van der Waals surface area contributed by atoms with Crippen molar-refractivity contribution in [3.8, 4) is 5.69 Å². The van der Waals surface area contributed by atoms with Gasteiger partial charge in [0.15, 0.2) is 5.78 Å². The van der Waals surface area contributed by atoms with Gasteiger partial charge < -0.3 is 16.2 Å². The average Bonchev–Trinajstić information content (AvgIpc) is 3.25. The molecule has 2 atom stereocenters. The van der Waals surface area contributed by atoms with Crippen LogP contribution in [0.25, 0.3) is 5.69 Å². The van der Waals surface area contributed by atoms with Crippen LogP contribution in [-0.2, 0) is 12.8 Å². The fourth-order valence-electron chi connectivity index (χ4n) is 4.83. The number of hydrogen-bond acceptors (Lipinski definition) is 5. The molecule has 1 saturated carbocycles. The number of carbonyl (C=O) groups is 2. The summed E-state index contributed by atoms with van der Waals surface area (Å²) in [5, 5.41) is 18.0. The number of carbonyl (C=O) groups excluding carboxylic acids is 2. The molecule has 1 aromatic carbocycles. The van der Waals surface area contributed by atoms with E-state index in [-0.39, 0.29) is 28.5 Å². The zero-order valence-electron chi connectivity index (χ0n) is 18.2. The van der Waals surface area contributed by atoms with Crippen molar-refractivity contribution in [1.29, 1.82) is 0 Å². The van der Waals surface area contributed by atoms with Crippen molar-refractivity contribution in [2.45, 2.75) is 71.4 Å². The van der Waals surface area contributed by atoms with Crippen LogP contribution < -0.4 is 11.1 Å². The van der Waals surface area contributed by atoms with Crippen molar-refractivity contribution in [3.63, 3.8) is 0 Å². The minimum Gasteiger partial charge on any atom is -0.391 e. The number of nitrogens with two attached hydrogens (primary N) is 1. The number of Topliss-reactive ketones (excluding diaryl/α,β-unsaturated/α-hetero) is 1. The Morgan fingerprint density at radius 2 is 2.10 bits per heavy atom. The lowest BCUT2D eigenvalue weighted by Gasteiger charge is -2.29. The molecule has 2 aromatic rings. The number of nitrogens with one attached hydrogen (secondary N) is 1. The summed E-state index contributed by atoms with van der Waals surface area (Å²) in [5.74, 6) is -1.38. The van der Waals surface area contributed by atoms with Crippen molar-refractivity contribution in [2.24, 2.45) is 11.1 Å². The van der Waals surface area contributed by atoms with Gasteiger partial charge in [-0.05, 0) is 49.7 Å². The number of halogens is 1. The van der Waals surface area contributed by atoms with Crippen LogP contribution in [0, 0.1) is 11.2 Å². The number of aromatic nitrogens is 2. The summed E-state index contributed by atoms with van der Waals surface area (Å²) in [6.07, 6.45) is 3.30. The fourth-order valence-corrected chi connectivity index (χ4v) is 4.83. The van der Waals surface area contributed by atoms with E-state index in [4.69, 9.17) is 5.73 Å². The highest BCUT2D eigenvalue weighted by Gasteiger charge is 2.37. The van der Waals surface area contributed by atoms with E-state index in [1.807, 2.05) is 20.8 Å². The summed E-state index contributed by atoms with van der Waals surface area (Å²) in [5.41, 5.74) is 7.70. The zero-order valence-corrected chi connectivity index (χ0v) is 18.2. The molecule has 2 aliphatic carbocycles. The minimum absolute atomic E-state index is 0.0218. The van der Waals surface area contributed by atoms with E-state index >= 15 is 4.39 Å². The molecule has 0 spiro atoms. The molecule has 4 rings (SSSR count). The first-order valence-electron chi connectivity index (χ1n) is 10.8. The summed E-state index contributed by atoms with van der Waals surface area (Å²) >= 11 is 0. The number of nitrogens with zero attached hydrogens (tertiary/aromatic N) is 2. The molecule has 166 valence electrons. The van der Waals surface area contributed by atoms with Gasteiger partial charge in [-0.1, -0.05) is 20.8 Å². The number of aliphatic hydroxyl groups excluding tert-OH is 1. The normalized spacial score (nSPS) is 22.4. The molecule has 31 heavy (non-hydrogen) atoms. The molecule has 7 nitrogen and oxygen atoms in total. The highest BCUT2D eigenvalue weighted by molar-refractivity contribution is 6.00. The fraction of sp³-hybridized carbons (Fsp3) is 0.522. The first-order valence-corrected chi connectivity index (χ1v) is 10.8. The maximum atomic E-state index is 15.2. The molecule has 0 aliphatic heterocycles. The number of hydrogen-bond donors (Lipinski definition) is 3. The van der Waals surface area contributed by atoms with Crippen molar-refractivity contribution in [2.75, 3.05) is 5.32 Å². The molecular weight excluding hydrogens is 399 g/mol. The SMILES string of the molecule is CCc1nn(-c2cc(NC3CCCC3O)c(C(N)=O)cc2F)c2c1C(=O)CC(C)(C)C2. The van der Waals surface area contributed by atoms with Crippen molar-refractivity contribution in [3.05, 3.63) is 40.5 Å². The summed E-state index contributed by atoms with van der Waals surface area (Å²) < 4.78 is 16.7. The third-order valence-corrected chi connectivity index (χ3v) is 6.35. The summed E-state index contributed by atoms with van der Waals surface area (Å²) in [6, 6.07) is 2.38. The van der Waals surface area contributed by atoms with Crippen molar-refractivity contribution >= 4 is 17.4 Å². The first-order chi connectivity index (χ1) is 14.6. The standard InChI is InChI=1S/C23H29FN4O3/c1-4-14-21-18(10-23(2,3)11-20(21)30)28(27-14)17-9-16(12(22(25)31)8-13(17)24)26-15-6-5-7-19(15)29/h8-9,15,19,26,29H,4-7,10-11H2,1-3H3,(H2,25,31). The molecule has 8 heteroatoms. The van der Waals surface area contributed by atoms with Crippen LogP contribution in [0.4, 0.5) is 10.1 Å². The minimum atomic E-state index is -0.756. The number of amides is 1. The van der Waals surface area contributed by atoms with Gasteiger partial charge in [0.05, 0.1) is 34.7 Å². The summed E-state index contributed by atoms with van der Waals surface area (Å²) in [6.45, 7) is 5.94. The molecule has 1 aromatic heterocycles. The Kier molecular flexibility index (Phi) is 5.37. The van der Waals surface area contributed by atoms with Gasteiger partial charge in [0.25, 0.3) is 5.91 Å². The zero-order chi connectivity index (χ0) is 22.5. The van der Waals surface area contributed by atoms with E-state index in [1.165, 1.54) is 10.7 Å². The second-order valence-electron chi connectivity index (χ2n) is 9.44. The lowest BCUT2D eigenvalue weighted by molar-refractivity contribution is 0.0909. The largest absolute Gasteiger partial charge is 0.391 e. The molecule has 1 heterocycles. The Bertz CT molecular complexity index is 1060. The van der Waals surface area contributed by atoms with Gasteiger partial charge in [0.2, 0.25) is 0 Å². The van der Waals surface area contributed by atoms with Gasteiger partial charge in [0, 0.05) is 12.1 Å². The number of rotatable bonds is 5. The van der Waals surface area contributed by atoms with E-state index in [9.17, 15) is 14.7 Å². The van der Waals surface area contributed by atoms with Gasteiger partial charge in [-0.25, -0.2) is 9.07 Å². The Balaban J connectivity index is 1.86. The van der Waals surface area contributed by atoms with E-state index < -0.39 is 17.8 Å². The predicted molar refractivity (Wildman–Crippen MR) is 115 cm³/mol. The Morgan fingerprint density at radius 1 is 1.35 bits per heavy atom. The third-order valence-electron chi connectivity index (χ3n) is 6.35. The van der Waals surface area contributed by atoms with Crippen LogP contribution in [0.1, 0.15) is 78.6 Å². The first kappa shape index (κ1) is 21.5. The van der Waals surface area contributed by atoms with Gasteiger partial charge in [-0.2, -0.15) is 5.10 Å². The third kappa shape index (κ3) is 3.84. The van der Waals surface area contributed by atoms with Crippen molar-refractivity contribution < 1.29 is 19.1 Å². The Labute approximate surface area is 180 Å². The number of aliphatic hydroxyl groups is 1. The second kappa shape index (κ2) is 7.75. The van der Waals surface area contributed by atoms with E-state index in [1.54, 1.807) is 0 Å². The van der Waals surface area contributed by atoms with Gasteiger partial charge in [-0.3, -0.25) is 9.59 Å². The molecule has 1 amide bonds. The van der Waals surface area contributed by atoms with Crippen LogP contribution in [0.3, 0.4) is 0 Å². The smallest absolute Gasteiger partial charge is 0.250 e. The van der Waals surface area contributed by atoms with Crippen molar-refractivity contribution in [1.82, 2.24) is 9.78 Å². The number of fused-ring (bicyclic) bond motifs is 1. The van der Waals surface area contributed by atoms with Crippen LogP contribution in [0.5, 0.6) is 0 Å². The predicted octanol–water partition coefficient (Wildman–Crippen LogP) is 3.15. The second-order valence-corrected chi connectivity index (χ2v) is 9.44. The number of ketones is 1. The van der Waals surface area contributed by atoms with Crippen LogP contribution in [0.2, 0.25) is 0 Å². The molecule has 1 fully saturated rings. The van der Waals surface area contributed by atoms with Crippen LogP contribution in [-0.4, -0.2) is 38.7 Å². The lowest BCUT2D eigenvalue weighted by atomic mass is 9.75. The molecule has 0 radical (unpaired) electrons. The highest BCUT2D eigenvalue weighted by atomic mass is 19.1.